The summed E-state index contributed by atoms with van der Waals surface area (Å²) < 4.78 is 6.06. The largest absolute Gasteiger partial charge is 0.377 e. The maximum Gasteiger partial charge on any atom is 0.0737 e. The smallest absolute Gasteiger partial charge is 0.0737 e. The molecule has 5 heteroatoms. The molecule has 0 amide bonds. The van der Waals surface area contributed by atoms with E-state index in [0.29, 0.717) is 6.61 Å². The van der Waals surface area contributed by atoms with Gasteiger partial charge in [0.2, 0.25) is 0 Å². The fraction of sp³-hybridized carbons (Fsp3) is 0.422. The van der Waals surface area contributed by atoms with Crippen molar-refractivity contribution in [2.24, 2.45) is 0 Å². The molecule has 262 valence electrons. The molecule has 0 unspecified atom stereocenters. The Hall–Kier alpha value is -4.22. The minimum absolute atomic E-state index is 0.654. The normalized spacial score (nSPS) is 12.5. The van der Waals surface area contributed by atoms with Crippen LogP contribution in [0.25, 0.3) is 45.9 Å². The predicted octanol–water partition coefficient (Wildman–Crippen LogP) is 12.9. The van der Waals surface area contributed by atoms with Gasteiger partial charge in [-0.2, -0.15) is 0 Å². The van der Waals surface area contributed by atoms with Crippen molar-refractivity contribution in [2.75, 3.05) is 6.61 Å². The van der Waals surface area contributed by atoms with Crippen molar-refractivity contribution in [3.63, 3.8) is 0 Å². The molecule has 3 aromatic heterocycles. The van der Waals surface area contributed by atoms with Gasteiger partial charge in [-0.3, -0.25) is 0 Å². The van der Waals surface area contributed by atoms with Crippen molar-refractivity contribution >= 4 is 45.9 Å². The monoisotopic (exact) mass is 668 g/mol. The van der Waals surface area contributed by atoms with Gasteiger partial charge in [0.15, 0.2) is 0 Å². The van der Waals surface area contributed by atoms with Gasteiger partial charge in [0.25, 0.3) is 0 Å². The van der Waals surface area contributed by atoms with E-state index in [-0.39, 0.29) is 0 Å². The summed E-state index contributed by atoms with van der Waals surface area (Å²) in [5.41, 5.74) is 11.2. The summed E-state index contributed by atoms with van der Waals surface area (Å²) in [6.07, 6.45) is 28.5. The van der Waals surface area contributed by atoms with Gasteiger partial charge in [-0.25, -0.2) is 9.97 Å². The summed E-state index contributed by atoms with van der Waals surface area (Å²) in [4.78, 5) is 16.8. The molecule has 5 nitrogen and oxygen atoms in total. The third-order valence-electron chi connectivity index (χ3n) is 9.84. The molecule has 0 radical (unpaired) electrons. The zero-order chi connectivity index (χ0) is 34.2. The van der Waals surface area contributed by atoms with Crippen molar-refractivity contribution in [3.8, 4) is 0 Å². The van der Waals surface area contributed by atoms with Gasteiger partial charge >= 0.3 is 0 Å². The molecule has 4 aromatic rings. The van der Waals surface area contributed by atoms with Gasteiger partial charge in [-0.1, -0.05) is 128 Å². The topological polar surface area (TPSA) is 66.6 Å². The first kappa shape index (κ1) is 35.6. The summed E-state index contributed by atoms with van der Waals surface area (Å²) in [7, 11) is 0. The van der Waals surface area contributed by atoms with E-state index in [1.807, 2.05) is 0 Å². The van der Waals surface area contributed by atoms with E-state index in [9.17, 15) is 0 Å². The van der Waals surface area contributed by atoms with Gasteiger partial charge in [-0.15, -0.1) is 0 Å². The zero-order valence-corrected chi connectivity index (χ0v) is 30.2. The SMILES string of the molecule is CCCCCCCCCCCCCCCCCCOCc1ccc(C2=Cc3cc4ccc(cc5ccc(cc6nc(cc2n3)C=C6)[nH]5)[nH]4)cc1. The third-order valence-corrected chi connectivity index (χ3v) is 9.84. The molecule has 0 aliphatic carbocycles. The zero-order valence-electron chi connectivity index (χ0n) is 30.2. The van der Waals surface area contributed by atoms with Gasteiger partial charge in [0.1, 0.15) is 0 Å². The first-order valence-corrected chi connectivity index (χ1v) is 19.5. The molecule has 2 aliphatic heterocycles. The predicted molar refractivity (Wildman–Crippen MR) is 213 cm³/mol. The number of aromatic nitrogens is 4. The van der Waals surface area contributed by atoms with E-state index in [2.05, 4.69) is 108 Å². The highest BCUT2D eigenvalue weighted by molar-refractivity contribution is 5.93. The van der Waals surface area contributed by atoms with E-state index < -0.39 is 0 Å². The molecule has 0 atom stereocenters. The lowest BCUT2D eigenvalue weighted by molar-refractivity contribution is 0.116. The Labute approximate surface area is 299 Å². The quantitative estimate of drug-likeness (QED) is 0.0796. The number of hydrogen-bond donors (Lipinski definition) is 2. The molecule has 8 bridgehead atoms. The van der Waals surface area contributed by atoms with Crippen LogP contribution in [0.1, 0.15) is 144 Å². The van der Waals surface area contributed by atoms with Crippen molar-refractivity contribution in [2.45, 2.75) is 116 Å². The van der Waals surface area contributed by atoms with Crippen LogP contribution < -0.4 is 0 Å². The maximum atomic E-state index is 6.06. The number of benzene rings is 1. The maximum absolute atomic E-state index is 6.06. The summed E-state index contributed by atoms with van der Waals surface area (Å²) >= 11 is 0. The number of unbranched alkanes of at least 4 members (excludes halogenated alkanes) is 15. The summed E-state index contributed by atoms with van der Waals surface area (Å²) in [6, 6.07) is 25.5. The highest BCUT2D eigenvalue weighted by Gasteiger charge is 2.14. The number of fused-ring (bicyclic) bond motifs is 8. The van der Waals surface area contributed by atoms with Crippen LogP contribution in [0.3, 0.4) is 0 Å². The molecule has 1 aromatic carbocycles. The van der Waals surface area contributed by atoms with Gasteiger partial charge in [0.05, 0.1) is 29.4 Å². The highest BCUT2D eigenvalue weighted by Crippen LogP contribution is 2.30. The van der Waals surface area contributed by atoms with Crippen LogP contribution in [-0.4, -0.2) is 26.5 Å². The first-order valence-electron chi connectivity index (χ1n) is 19.5. The number of nitrogens with one attached hydrogen (secondary N) is 2. The highest BCUT2D eigenvalue weighted by atomic mass is 16.5. The van der Waals surface area contributed by atoms with E-state index in [1.165, 1.54) is 102 Å². The molecule has 0 fully saturated rings. The fourth-order valence-electron chi connectivity index (χ4n) is 6.97. The minimum atomic E-state index is 0.654. The molecule has 50 heavy (non-hydrogen) atoms. The van der Waals surface area contributed by atoms with Crippen LogP contribution in [0, 0.1) is 0 Å². The molecule has 0 saturated heterocycles. The first-order chi connectivity index (χ1) is 24.7. The van der Waals surface area contributed by atoms with Crippen LogP contribution in [0.2, 0.25) is 0 Å². The Bertz CT molecular complexity index is 1860. The van der Waals surface area contributed by atoms with Crippen LogP contribution in [0.5, 0.6) is 0 Å². The molecule has 0 saturated carbocycles. The Morgan fingerprint density at radius 2 is 1.00 bits per heavy atom. The Morgan fingerprint density at radius 1 is 0.500 bits per heavy atom. The molecule has 2 aliphatic rings. The average Bonchev–Trinajstić information content (AvgIpc) is 3.94. The molecular weight excluding hydrogens is 613 g/mol. The van der Waals surface area contributed by atoms with E-state index >= 15 is 0 Å². The van der Waals surface area contributed by atoms with Crippen LogP contribution in [-0.2, 0) is 11.3 Å². The molecule has 5 heterocycles. The van der Waals surface area contributed by atoms with Gasteiger partial charge < -0.3 is 14.7 Å². The summed E-state index contributed by atoms with van der Waals surface area (Å²) in [5.74, 6) is 0. The number of aromatic amines is 2. The van der Waals surface area contributed by atoms with E-state index in [0.717, 1.165) is 69.0 Å². The van der Waals surface area contributed by atoms with Gasteiger partial charge in [-0.05, 0) is 84.3 Å². The van der Waals surface area contributed by atoms with Crippen LogP contribution in [0.15, 0.2) is 72.8 Å². The summed E-state index contributed by atoms with van der Waals surface area (Å²) in [5, 5.41) is 0. The van der Waals surface area contributed by atoms with Crippen LogP contribution in [0.4, 0.5) is 0 Å². The Morgan fingerprint density at radius 3 is 1.58 bits per heavy atom. The number of rotatable bonds is 20. The Balaban J connectivity index is 0.945. The van der Waals surface area contributed by atoms with Crippen molar-refractivity contribution in [1.29, 1.82) is 0 Å². The number of hydrogen-bond acceptors (Lipinski definition) is 3. The van der Waals surface area contributed by atoms with Crippen LogP contribution >= 0.6 is 0 Å². The third kappa shape index (κ3) is 11.1. The van der Waals surface area contributed by atoms with E-state index in [4.69, 9.17) is 14.7 Å². The number of nitrogens with zero attached hydrogens (tertiary/aromatic N) is 2. The molecule has 6 rings (SSSR count). The second-order valence-electron chi connectivity index (χ2n) is 14.1. The molecular formula is C45H56N4O. The lowest BCUT2D eigenvalue weighted by atomic mass is 10.0. The molecule has 0 spiro atoms. The lowest BCUT2D eigenvalue weighted by Gasteiger charge is -2.07. The number of H-pyrrole nitrogens is 2. The second kappa shape index (κ2) is 19.2. The van der Waals surface area contributed by atoms with Crippen molar-refractivity contribution in [1.82, 2.24) is 19.9 Å². The minimum Gasteiger partial charge on any atom is -0.377 e. The fourth-order valence-corrected chi connectivity index (χ4v) is 6.97. The van der Waals surface area contributed by atoms with Crippen molar-refractivity contribution < 1.29 is 4.74 Å². The van der Waals surface area contributed by atoms with Crippen molar-refractivity contribution in [3.05, 3.63) is 107 Å². The Kier molecular flexibility index (Phi) is 13.7. The second-order valence-corrected chi connectivity index (χ2v) is 14.1. The lowest BCUT2D eigenvalue weighted by Crippen LogP contribution is -1.96. The number of ether oxygens (including phenoxy) is 1. The van der Waals surface area contributed by atoms with E-state index in [1.54, 1.807) is 0 Å². The van der Waals surface area contributed by atoms with Gasteiger partial charge in [0, 0.05) is 34.2 Å². The standard InChI is InChI=1S/C45H56N4O/c1-2-3-4-5-6-7-8-9-10-11-12-13-14-15-16-17-28-50-34-35-18-20-36(21-19-35)44-32-43-31-41-25-24-39(47-41)29-37-22-23-38(46-37)30-40-26-27-42(48-40)33-45(44)49-43/h18-27,29-33,46-47H,2-17,28,34H2,1H3. The molecule has 2 N–H and O–H groups in total. The average molecular weight is 669 g/mol. The summed E-state index contributed by atoms with van der Waals surface area (Å²) in [6.45, 7) is 3.78.